The fraction of sp³-hybridized carbons (Fsp3) is 0.316. The molecule has 26 heavy (non-hydrogen) atoms. The maximum atomic E-state index is 14.2. The third-order valence-electron chi connectivity index (χ3n) is 4.18. The summed E-state index contributed by atoms with van der Waals surface area (Å²) in [6, 6.07) is 6.67. The van der Waals surface area contributed by atoms with Crippen molar-refractivity contribution >= 4 is 5.91 Å². The lowest BCUT2D eigenvalue weighted by Crippen LogP contribution is -2.46. The van der Waals surface area contributed by atoms with Crippen molar-refractivity contribution in [3.63, 3.8) is 0 Å². The maximum absolute atomic E-state index is 14.2. The van der Waals surface area contributed by atoms with E-state index in [1.807, 2.05) is 31.3 Å². The highest BCUT2D eigenvalue weighted by atomic mass is 19.3. The number of carbonyl (C=O) groups is 1. The SMILES string of the molecule is Cc1ccc(CC(CO)NC(=O)C(F)(F)c2cccc(F)c2F)cc1C. The second kappa shape index (κ2) is 7.86. The summed E-state index contributed by atoms with van der Waals surface area (Å²) in [4.78, 5) is 11.9. The number of nitrogens with one attached hydrogen (secondary N) is 1. The number of halogens is 4. The van der Waals surface area contributed by atoms with E-state index in [9.17, 15) is 27.5 Å². The van der Waals surface area contributed by atoms with Crippen LogP contribution in [0, 0.1) is 25.5 Å². The van der Waals surface area contributed by atoms with Gasteiger partial charge in [0, 0.05) is 0 Å². The molecule has 0 saturated heterocycles. The molecule has 7 heteroatoms. The predicted octanol–water partition coefficient (Wildman–Crippen LogP) is 3.39. The molecule has 0 bridgehead atoms. The number of hydrogen-bond acceptors (Lipinski definition) is 2. The molecule has 0 fully saturated rings. The number of aryl methyl sites for hydroxylation is 2. The largest absolute Gasteiger partial charge is 0.394 e. The molecule has 0 radical (unpaired) electrons. The van der Waals surface area contributed by atoms with E-state index in [0.29, 0.717) is 12.1 Å². The highest BCUT2D eigenvalue weighted by molar-refractivity contribution is 5.85. The van der Waals surface area contributed by atoms with Gasteiger partial charge in [-0.05, 0) is 49.1 Å². The minimum absolute atomic E-state index is 0.116. The van der Waals surface area contributed by atoms with Gasteiger partial charge in [0.1, 0.15) is 0 Å². The van der Waals surface area contributed by atoms with Crippen molar-refractivity contribution < 1.29 is 27.5 Å². The second-order valence-corrected chi connectivity index (χ2v) is 6.15. The summed E-state index contributed by atoms with van der Waals surface area (Å²) in [6.07, 6.45) is 0.116. The fourth-order valence-corrected chi connectivity index (χ4v) is 2.52. The quantitative estimate of drug-likeness (QED) is 0.767. The molecule has 1 atom stereocenters. The Bertz CT molecular complexity index is 808. The number of alkyl halides is 2. The van der Waals surface area contributed by atoms with Crippen LogP contribution >= 0.6 is 0 Å². The lowest BCUT2D eigenvalue weighted by molar-refractivity contribution is -0.148. The molecule has 2 aromatic rings. The van der Waals surface area contributed by atoms with Gasteiger partial charge in [-0.2, -0.15) is 8.78 Å². The molecule has 0 aliphatic heterocycles. The van der Waals surface area contributed by atoms with Gasteiger partial charge in [-0.15, -0.1) is 0 Å². The topological polar surface area (TPSA) is 49.3 Å². The van der Waals surface area contributed by atoms with Crippen molar-refractivity contribution in [2.24, 2.45) is 0 Å². The van der Waals surface area contributed by atoms with Gasteiger partial charge in [0.05, 0.1) is 18.2 Å². The van der Waals surface area contributed by atoms with Crippen LogP contribution in [0.5, 0.6) is 0 Å². The van der Waals surface area contributed by atoms with E-state index >= 15 is 0 Å². The summed E-state index contributed by atoms with van der Waals surface area (Å²) in [5, 5.41) is 11.4. The molecule has 0 saturated carbocycles. The van der Waals surface area contributed by atoms with Crippen LogP contribution in [0.1, 0.15) is 22.3 Å². The van der Waals surface area contributed by atoms with Crippen LogP contribution in [-0.2, 0) is 17.1 Å². The first-order valence-electron chi connectivity index (χ1n) is 7.97. The van der Waals surface area contributed by atoms with Crippen molar-refractivity contribution in [2.45, 2.75) is 32.2 Å². The van der Waals surface area contributed by atoms with Gasteiger partial charge < -0.3 is 10.4 Å². The second-order valence-electron chi connectivity index (χ2n) is 6.15. The van der Waals surface area contributed by atoms with Crippen LogP contribution in [0.25, 0.3) is 0 Å². The summed E-state index contributed by atoms with van der Waals surface area (Å²) in [7, 11) is 0. The number of benzene rings is 2. The summed E-state index contributed by atoms with van der Waals surface area (Å²) >= 11 is 0. The normalized spacial score (nSPS) is 12.7. The smallest absolute Gasteiger partial charge is 0.352 e. The molecule has 0 heterocycles. The van der Waals surface area contributed by atoms with Crippen molar-refractivity contribution in [3.8, 4) is 0 Å². The van der Waals surface area contributed by atoms with E-state index in [2.05, 4.69) is 0 Å². The highest BCUT2D eigenvalue weighted by Gasteiger charge is 2.44. The van der Waals surface area contributed by atoms with Crippen LogP contribution in [-0.4, -0.2) is 23.7 Å². The Hall–Kier alpha value is -2.41. The number of aliphatic hydroxyl groups excluding tert-OH is 1. The van der Waals surface area contributed by atoms with Gasteiger partial charge in [0.25, 0.3) is 5.91 Å². The van der Waals surface area contributed by atoms with Crippen LogP contribution < -0.4 is 5.32 Å². The Morgan fingerprint density at radius 1 is 1.15 bits per heavy atom. The first-order chi connectivity index (χ1) is 12.2. The fourth-order valence-electron chi connectivity index (χ4n) is 2.52. The van der Waals surface area contributed by atoms with E-state index in [4.69, 9.17) is 0 Å². The van der Waals surface area contributed by atoms with E-state index in [1.165, 1.54) is 0 Å². The lowest BCUT2D eigenvalue weighted by atomic mass is 10.0. The molecule has 0 spiro atoms. The zero-order valence-corrected chi connectivity index (χ0v) is 14.3. The minimum atomic E-state index is -4.28. The van der Waals surface area contributed by atoms with E-state index in [1.54, 1.807) is 6.07 Å². The third kappa shape index (κ3) is 4.22. The summed E-state index contributed by atoms with van der Waals surface area (Å²) in [5.74, 6) is -9.32. The van der Waals surface area contributed by atoms with Crippen LogP contribution in [0.2, 0.25) is 0 Å². The predicted molar refractivity (Wildman–Crippen MR) is 88.9 cm³/mol. The Morgan fingerprint density at radius 2 is 1.85 bits per heavy atom. The van der Waals surface area contributed by atoms with Crippen LogP contribution in [0.4, 0.5) is 17.6 Å². The zero-order valence-electron chi connectivity index (χ0n) is 14.3. The Labute approximate surface area is 148 Å². The van der Waals surface area contributed by atoms with Gasteiger partial charge in [-0.3, -0.25) is 4.79 Å². The van der Waals surface area contributed by atoms with Crippen molar-refractivity contribution in [1.29, 1.82) is 0 Å². The van der Waals surface area contributed by atoms with E-state index < -0.39 is 41.7 Å². The molecule has 0 aromatic heterocycles. The number of carbonyl (C=O) groups excluding carboxylic acids is 1. The molecule has 2 N–H and O–H groups in total. The molecule has 2 aromatic carbocycles. The van der Waals surface area contributed by atoms with Gasteiger partial charge in [0.15, 0.2) is 11.6 Å². The van der Waals surface area contributed by atoms with Gasteiger partial charge >= 0.3 is 5.92 Å². The molecule has 2 rings (SSSR count). The molecule has 0 aliphatic rings. The maximum Gasteiger partial charge on any atom is 0.352 e. The summed E-state index contributed by atoms with van der Waals surface area (Å²) < 4.78 is 55.3. The zero-order chi connectivity index (χ0) is 19.5. The van der Waals surface area contributed by atoms with E-state index in [0.717, 1.165) is 22.8 Å². The summed E-state index contributed by atoms with van der Waals surface area (Å²) in [5.41, 5.74) is 1.43. The van der Waals surface area contributed by atoms with Gasteiger partial charge in [-0.25, -0.2) is 8.78 Å². The third-order valence-corrected chi connectivity index (χ3v) is 4.18. The van der Waals surface area contributed by atoms with Crippen molar-refractivity contribution in [1.82, 2.24) is 5.32 Å². The number of rotatable bonds is 6. The van der Waals surface area contributed by atoms with Crippen molar-refractivity contribution in [3.05, 3.63) is 70.3 Å². The Balaban J connectivity index is 2.17. The lowest BCUT2D eigenvalue weighted by Gasteiger charge is -2.22. The van der Waals surface area contributed by atoms with Crippen LogP contribution in [0.3, 0.4) is 0 Å². The average molecular weight is 369 g/mol. The Kier molecular flexibility index (Phi) is 6.02. The average Bonchev–Trinajstić information content (AvgIpc) is 2.59. The molecular formula is C19H19F4NO2. The van der Waals surface area contributed by atoms with Crippen molar-refractivity contribution in [2.75, 3.05) is 6.61 Å². The molecular weight excluding hydrogens is 350 g/mol. The molecule has 1 amide bonds. The molecule has 0 aliphatic carbocycles. The molecule has 3 nitrogen and oxygen atoms in total. The number of amides is 1. The first kappa shape index (κ1) is 19.9. The summed E-state index contributed by atoms with van der Waals surface area (Å²) in [6.45, 7) is 3.21. The van der Waals surface area contributed by atoms with Gasteiger partial charge in [0.2, 0.25) is 0 Å². The first-order valence-corrected chi connectivity index (χ1v) is 7.97. The Morgan fingerprint density at radius 3 is 2.46 bits per heavy atom. The number of aliphatic hydroxyl groups is 1. The number of hydrogen-bond donors (Lipinski definition) is 2. The monoisotopic (exact) mass is 369 g/mol. The van der Waals surface area contributed by atoms with E-state index in [-0.39, 0.29) is 6.42 Å². The highest BCUT2D eigenvalue weighted by Crippen LogP contribution is 2.31. The standard InChI is InChI=1S/C19H19F4NO2/c1-11-6-7-13(8-12(11)2)9-14(10-25)24-18(26)19(22,23)15-4-3-5-16(20)17(15)21/h3-8,14,25H,9-10H2,1-2H3,(H,24,26). The molecule has 140 valence electrons. The van der Waals surface area contributed by atoms with Crippen LogP contribution in [0.15, 0.2) is 36.4 Å². The molecule has 1 unspecified atom stereocenters. The van der Waals surface area contributed by atoms with Gasteiger partial charge in [-0.1, -0.05) is 24.3 Å². The minimum Gasteiger partial charge on any atom is -0.394 e.